The summed E-state index contributed by atoms with van der Waals surface area (Å²) in [4.78, 5) is 0. The van der Waals surface area contributed by atoms with E-state index < -0.39 is 18.9 Å². The van der Waals surface area contributed by atoms with Gasteiger partial charge in [-0.2, -0.15) is 0 Å². The molecular formula is C25H30NOPS. The Morgan fingerprint density at radius 2 is 1.24 bits per heavy atom. The first-order chi connectivity index (χ1) is 13.8. The van der Waals surface area contributed by atoms with Crippen LogP contribution >= 0.6 is 7.92 Å². The van der Waals surface area contributed by atoms with Crippen LogP contribution in [0.3, 0.4) is 0 Å². The van der Waals surface area contributed by atoms with Gasteiger partial charge < -0.3 is 0 Å². The topological polar surface area (TPSA) is 20.3 Å². The number of rotatable bonds is 6. The summed E-state index contributed by atoms with van der Waals surface area (Å²) in [6.45, 7) is 8.24. The molecule has 0 aromatic heterocycles. The fourth-order valence-corrected chi connectivity index (χ4v) is 7.21. The van der Waals surface area contributed by atoms with Crippen LogP contribution in [-0.2, 0) is 11.0 Å². The van der Waals surface area contributed by atoms with E-state index in [1.165, 1.54) is 21.5 Å². The van der Waals surface area contributed by atoms with Crippen molar-refractivity contribution < 1.29 is 4.21 Å². The first kappa shape index (κ1) is 21.9. The molecular weight excluding hydrogens is 393 g/mol. The van der Waals surface area contributed by atoms with Crippen molar-refractivity contribution in [1.29, 1.82) is 0 Å². The molecule has 0 unspecified atom stereocenters. The van der Waals surface area contributed by atoms with Gasteiger partial charge in [0.2, 0.25) is 0 Å². The van der Waals surface area contributed by atoms with Gasteiger partial charge >= 0.3 is 0 Å². The average Bonchev–Trinajstić information content (AvgIpc) is 2.73. The van der Waals surface area contributed by atoms with Crippen LogP contribution in [0.5, 0.6) is 0 Å². The van der Waals surface area contributed by atoms with Gasteiger partial charge in [-0.3, -0.25) is 0 Å². The molecule has 3 aromatic rings. The number of hydrogen-bond donors (Lipinski definition) is 0. The lowest BCUT2D eigenvalue weighted by Gasteiger charge is -2.32. The van der Waals surface area contributed by atoms with Crippen LogP contribution in [-0.4, -0.2) is 20.3 Å². The van der Waals surface area contributed by atoms with E-state index in [4.69, 9.17) is 0 Å². The third-order valence-corrected chi connectivity index (χ3v) is 9.39. The Morgan fingerprint density at radius 1 is 0.793 bits per heavy atom. The van der Waals surface area contributed by atoms with E-state index in [1.54, 1.807) is 0 Å². The zero-order valence-electron chi connectivity index (χ0n) is 17.9. The molecule has 2 nitrogen and oxygen atoms in total. The third kappa shape index (κ3) is 5.04. The molecule has 0 aliphatic carbocycles. The van der Waals surface area contributed by atoms with Crippen molar-refractivity contribution in [2.24, 2.45) is 0 Å². The maximum absolute atomic E-state index is 13.0. The molecule has 0 amide bonds. The van der Waals surface area contributed by atoms with Crippen LogP contribution in [0.15, 0.2) is 84.9 Å². The maximum Gasteiger partial charge on any atom is 0.1000 e. The van der Waals surface area contributed by atoms with Crippen molar-refractivity contribution in [3.8, 4) is 0 Å². The van der Waals surface area contributed by atoms with Gasteiger partial charge in [-0.1, -0.05) is 84.9 Å². The number of benzene rings is 3. The van der Waals surface area contributed by atoms with Gasteiger partial charge in [-0.25, -0.2) is 8.51 Å². The quantitative estimate of drug-likeness (QED) is 0.517. The van der Waals surface area contributed by atoms with Gasteiger partial charge in [-0.05, 0) is 57.1 Å². The first-order valence-corrected chi connectivity index (χ1v) is 12.4. The van der Waals surface area contributed by atoms with E-state index in [0.717, 1.165) is 0 Å². The molecule has 3 rings (SSSR count). The second-order valence-corrected chi connectivity index (χ2v) is 12.6. The second kappa shape index (κ2) is 9.34. The minimum absolute atomic E-state index is 0.0451. The van der Waals surface area contributed by atoms with Gasteiger partial charge in [0, 0.05) is 13.1 Å². The van der Waals surface area contributed by atoms with Crippen molar-refractivity contribution in [2.75, 3.05) is 7.05 Å². The summed E-state index contributed by atoms with van der Waals surface area (Å²) in [6.07, 6.45) is 0. The molecule has 2 atom stereocenters. The highest BCUT2D eigenvalue weighted by atomic mass is 32.2. The van der Waals surface area contributed by atoms with Crippen LogP contribution in [0.1, 0.15) is 39.3 Å². The van der Waals surface area contributed by atoms with E-state index >= 15 is 0 Å². The van der Waals surface area contributed by atoms with Gasteiger partial charge in [-0.15, -0.1) is 0 Å². The zero-order valence-corrected chi connectivity index (χ0v) is 19.6. The molecule has 0 bridgehead atoms. The smallest absolute Gasteiger partial charge is 0.1000 e. The third-order valence-electron chi connectivity index (χ3n) is 4.99. The Morgan fingerprint density at radius 3 is 1.72 bits per heavy atom. The zero-order chi connectivity index (χ0) is 21.0. The molecule has 4 heteroatoms. The number of hydrogen-bond acceptors (Lipinski definition) is 1. The highest BCUT2D eigenvalue weighted by Crippen LogP contribution is 2.37. The van der Waals surface area contributed by atoms with Crippen LogP contribution in [0, 0.1) is 0 Å². The standard InChI is InChI=1S/C25H30NOPS/c1-20(26(5)29(27)25(2,3)4)23-18-12-13-19-24(23)28(21-14-8-6-9-15-21)22-16-10-7-11-17-22/h6-20H,1-5H3/t20-,29+/m0/s1. The lowest BCUT2D eigenvalue weighted by Crippen LogP contribution is -2.38. The summed E-state index contributed by atoms with van der Waals surface area (Å²) in [5.74, 6) is 0. The van der Waals surface area contributed by atoms with Crippen molar-refractivity contribution >= 4 is 34.8 Å². The molecule has 0 aliphatic rings. The normalized spacial score (nSPS) is 14.2. The monoisotopic (exact) mass is 423 g/mol. The Bertz CT molecular complexity index is 914. The lowest BCUT2D eigenvalue weighted by atomic mass is 10.1. The highest BCUT2D eigenvalue weighted by Gasteiger charge is 2.30. The van der Waals surface area contributed by atoms with Gasteiger partial charge in [0.05, 0.1) is 15.7 Å². The molecule has 29 heavy (non-hydrogen) atoms. The fraction of sp³-hybridized carbons (Fsp3) is 0.280. The molecule has 0 radical (unpaired) electrons. The first-order valence-electron chi connectivity index (χ1n) is 9.94. The van der Waals surface area contributed by atoms with Gasteiger partial charge in [0.15, 0.2) is 0 Å². The summed E-state index contributed by atoms with van der Waals surface area (Å²) in [5, 5.41) is 3.98. The predicted molar refractivity (Wildman–Crippen MR) is 129 cm³/mol. The highest BCUT2D eigenvalue weighted by molar-refractivity contribution is 7.84. The minimum atomic E-state index is -1.08. The van der Waals surface area contributed by atoms with E-state index in [0.29, 0.717) is 0 Å². The summed E-state index contributed by atoms with van der Waals surface area (Å²) in [5.41, 5.74) is 1.24. The fourth-order valence-electron chi connectivity index (χ4n) is 3.40. The van der Waals surface area contributed by atoms with Crippen LogP contribution in [0.25, 0.3) is 0 Å². The summed E-state index contributed by atoms with van der Waals surface area (Å²) in [7, 11) is 0.189. The molecule has 0 heterocycles. The van der Waals surface area contributed by atoms with Gasteiger partial charge in [0.25, 0.3) is 0 Å². The van der Waals surface area contributed by atoms with Crippen molar-refractivity contribution in [2.45, 2.75) is 38.5 Å². The largest absolute Gasteiger partial charge is 0.242 e. The summed E-state index contributed by atoms with van der Waals surface area (Å²) < 4.78 is 14.8. The molecule has 0 fully saturated rings. The minimum Gasteiger partial charge on any atom is -0.242 e. The van der Waals surface area contributed by atoms with Crippen LogP contribution in [0.4, 0.5) is 0 Å². The maximum atomic E-state index is 13.0. The van der Waals surface area contributed by atoms with Crippen LogP contribution in [0.2, 0.25) is 0 Å². The Balaban J connectivity index is 2.11. The van der Waals surface area contributed by atoms with E-state index in [-0.39, 0.29) is 10.8 Å². The van der Waals surface area contributed by atoms with Crippen LogP contribution < -0.4 is 15.9 Å². The van der Waals surface area contributed by atoms with Crippen molar-refractivity contribution in [3.63, 3.8) is 0 Å². The summed E-state index contributed by atoms with van der Waals surface area (Å²) >= 11 is 0. The molecule has 0 aliphatic heterocycles. The van der Waals surface area contributed by atoms with Gasteiger partial charge in [0.1, 0.15) is 0 Å². The predicted octanol–water partition coefficient (Wildman–Crippen LogP) is 4.90. The average molecular weight is 424 g/mol. The molecule has 0 spiro atoms. The second-order valence-electron chi connectivity index (χ2n) is 8.15. The molecule has 0 saturated carbocycles. The Labute approximate surface area is 179 Å². The SMILES string of the molecule is C[C@@H](c1ccccc1P(c1ccccc1)c1ccccc1)N(C)[S@](=O)C(C)(C)C. The Kier molecular flexibility index (Phi) is 7.05. The molecule has 3 aromatic carbocycles. The number of nitrogens with zero attached hydrogens (tertiary/aromatic N) is 1. The molecule has 152 valence electrons. The Hall–Kier alpha value is -1.80. The summed E-state index contributed by atoms with van der Waals surface area (Å²) in [6, 6.07) is 30.1. The van der Waals surface area contributed by atoms with Crippen molar-refractivity contribution in [3.05, 3.63) is 90.5 Å². The molecule has 0 saturated heterocycles. The lowest BCUT2D eigenvalue weighted by molar-refractivity contribution is 0.419. The van der Waals surface area contributed by atoms with E-state index in [2.05, 4.69) is 91.9 Å². The van der Waals surface area contributed by atoms with E-state index in [9.17, 15) is 4.21 Å². The van der Waals surface area contributed by atoms with Crippen molar-refractivity contribution in [1.82, 2.24) is 4.31 Å². The molecule has 0 N–H and O–H groups in total. The van der Waals surface area contributed by atoms with E-state index in [1.807, 2.05) is 32.1 Å².